The highest BCUT2D eigenvalue weighted by atomic mass is 19.4. The van der Waals surface area contributed by atoms with Crippen LogP contribution < -0.4 is 5.32 Å². The summed E-state index contributed by atoms with van der Waals surface area (Å²) in [5, 5.41) is 2.66. The number of rotatable bonds is 3. The Morgan fingerprint density at radius 2 is 1.73 bits per heavy atom. The lowest BCUT2D eigenvalue weighted by Gasteiger charge is -2.20. The molecule has 0 amide bonds. The van der Waals surface area contributed by atoms with Crippen LogP contribution in [0.15, 0.2) is 0 Å². The number of alkyl halides is 3. The predicted octanol–water partition coefficient (Wildman–Crippen LogP) is 1.52. The molecule has 11 heavy (non-hydrogen) atoms. The van der Waals surface area contributed by atoms with E-state index in [-0.39, 0.29) is 6.04 Å². The number of halogens is 3. The topological polar surface area (TPSA) is 21.3 Å². The molecular weight excluding hydrogens is 159 g/mol. The van der Waals surface area contributed by atoms with Crippen LogP contribution in [0, 0.1) is 0 Å². The Morgan fingerprint density at radius 3 is 2.00 bits per heavy atom. The Balaban J connectivity index is 3.77. The van der Waals surface area contributed by atoms with Gasteiger partial charge in [0.05, 0.1) is 6.10 Å². The van der Waals surface area contributed by atoms with E-state index in [1.54, 1.807) is 14.0 Å². The summed E-state index contributed by atoms with van der Waals surface area (Å²) >= 11 is 0. The first-order valence-corrected chi connectivity index (χ1v) is 3.28. The monoisotopic (exact) mass is 171 g/mol. The lowest BCUT2D eigenvalue weighted by molar-refractivity contribution is -0.342. The molecule has 0 spiro atoms. The molecule has 5 heteroatoms. The zero-order chi connectivity index (χ0) is 9.07. The number of nitrogens with one attached hydrogen (secondary N) is 1. The van der Waals surface area contributed by atoms with Crippen LogP contribution in [-0.4, -0.2) is 25.6 Å². The smallest absolute Gasteiger partial charge is 0.315 e. The van der Waals surface area contributed by atoms with Gasteiger partial charge in [0.2, 0.25) is 0 Å². The van der Waals surface area contributed by atoms with Crippen LogP contribution in [0.4, 0.5) is 13.2 Å². The van der Waals surface area contributed by atoms with Crippen molar-refractivity contribution in [3.63, 3.8) is 0 Å². The normalized spacial score (nSPS) is 18.0. The van der Waals surface area contributed by atoms with Crippen molar-refractivity contribution in [2.45, 2.75) is 32.4 Å². The van der Waals surface area contributed by atoms with Gasteiger partial charge in [0.1, 0.15) is 0 Å². The first-order valence-electron chi connectivity index (χ1n) is 3.28. The number of hydrogen-bond acceptors (Lipinski definition) is 2. The number of likely N-dealkylation sites (N-methyl/N-ethyl adjacent to an activating group) is 1. The van der Waals surface area contributed by atoms with E-state index in [1.165, 1.54) is 6.92 Å². The molecule has 0 heterocycles. The van der Waals surface area contributed by atoms with Gasteiger partial charge in [-0.25, -0.2) is 0 Å². The van der Waals surface area contributed by atoms with Crippen molar-refractivity contribution < 1.29 is 17.9 Å². The third kappa shape index (κ3) is 5.03. The molecule has 0 radical (unpaired) electrons. The average molecular weight is 171 g/mol. The van der Waals surface area contributed by atoms with E-state index in [9.17, 15) is 13.2 Å². The van der Waals surface area contributed by atoms with Crippen LogP contribution >= 0.6 is 0 Å². The Hall–Kier alpha value is -0.290. The maximum absolute atomic E-state index is 11.6. The zero-order valence-corrected chi connectivity index (χ0v) is 6.70. The van der Waals surface area contributed by atoms with E-state index in [0.29, 0.717) is 0 Å². The van der Waals surface area contributed by atoms with Crippen molar-refractivity contribution >= 4 is 0 Å². The van der Waals surface area contributed by atoms with Gasteiger partial charge in [-0.1, -0.05) is 0 Å². The number of hydrogen-bond donors (Lipinski definition) is 1. The van der Waals surface area contributed by atoms with Crippen LogP contribution in [0.3, 0.4) is 0 Å². The summed E-state index contributed by atoms with van der Waals surface area (Å²) in [5.74, 6) is 0. The highest BCUT2D eigenvalue weighted by Crippen LogP contribution is 2.19. The van der Waals surface area contributed by atoms with Gasteiger partial charge in [-0.15, -0.1) is 13.2 Å². The molecule has 2 atom stereocenters. The minimum absolute atomic E-state index is 0.309. The van der Waals surface area contributed by atoms with E-state index in [4.69, 9.17) is 0 Å². The number of ether oxygens (including phenoxy) is 1. The Morgan fingerprint density at radius 1 is 1.27 bits per heavy atom. The Labute approximate surface area is 63.7 Å². The molecule has 0 aromatic rings. The van der Waals surface area contributed by atoms with Crippen LogP contribution in [0.25, 0.3) is 0 Å². The largest absolute Gasteiger partial charge is 0.522 e. The molecule has 0 bridgehead atoms. The molecule has 0 aliphatic carbocycles. The summed E-state index contributed by atoms with van der Waals surface area (Å²) in [4.78, 5) is 0. The maximum atomic E-state index is 11.6. The van der Waals surface area contributed by atoms with Crippen molar-refractivity contribution in [3.05, 3.63) is 0 Å². The second kappa shape index (κ2) is 3.92. The first kappa shape index (κ1) is 10.7. The van der Waals surface area contributed by atoms with Crippen molar-refractivity contribution in [1.29, 1.82) is 0 Å². The fraction of sp³-hybridized carbons (Fsp3) is 1.00. The van der Waals surface area contributed by atoms with Gasteiger partial charge in [-0.05, 0) is 20.9 Å². The zero-order valence-electron chi connectivity index (χ0n) is 6.70. The third-order valence-electron chi connectivity index (χ3n) is 1.48. The van der Waals surface area contributed by atoms with E-state index < -0.39 is 12.5 Å². The van der Waals surface area contributed by atoms with Crippen molar-refractivity contribution in [2.24, 2.45) is 0 Å². The minimum atomic E-state index is -4.54. The van der Waals surface area contributed by atoms with Gasteiger partial charge >= 0.3 is 6.36 Å². The highest BCUT2D eigenvalue weighted by Gasteiger charge is 2.33. The maximum Gasteiger partial charge on any atom is 0.522 e. The highest BCUT2D eigenvalue weighted by molar-refractivity contribution is 4.65. The Kier molecular flexibility index (Phi) is 3.82. The van der Waals surface area contributed by atoms with Gasteiger partial charge < -0.3 is 5.32 Å². The van der Waals surface area contributed by atoms with Crippen LogP contribution in [0.2, 0.25) is 0 Å². The quantitative estimate of drug-likeness (QED) is 0.695. The molecule has 2 nitrogen and oxygen atoms in total. The second-order valence-corrected chi connectivity index (χ2v) is 2.35. The van der Waals surface area contributed by atoms with E-state index in [1.807, 2.05) is 0 Å². The fourth-order valence-electron chi connectivity index (χ4n) is 0.548. The molecule has 0 aromatic carbocycles. The van der Waals surface area contributed by atoms with Crippen LogP contribution in [-0.2, 0) is 4.74 Å². The Bertz CT molecular complexity index is 115. The van der Waals surface area contributed by atoms with Crippen LogP contribution in [0.1, 0.15) is 13.8 Å². The van der Waals surface area contributed by atoms with Gasteiger partial charge in [0.25, 0.3) is 0 Å². The predicted molar refractivity (Wildman–Crippen MR) is 35.1 cm³/mol. The molecule has 2 unspecified atom stereocenters. The summed E-state index contributed by atoms with van der Waals surface area (Å²) < 4.78 is 38.4. The van der Waals surface area contributed by atoms with Crippen molar-refractivity contribution in [3.8, 4) is 0 Å². The SMILES string of the molecule is CNC(C)C(C)OC(F)(F)F. The lowest BCUT2D eigenvalue weighted by atomic mass is 10.2. The van der Waals surface area contributed by atoms with E-state index in [0.717, 1.165) is 0 Å². The second-order valence-electron chi connectivity index (χ2n) is 2.35. The molecule has 0 aliphatic rings. The van der Waals surface area contributed by atoms with Crippen molar-refractivity contribution in [1.82, 2.24) is 5.32 Å². The summed E-state index contributed by atoms with van der Waals surface area (Å²) in [6.45, 7) is 2.99. The minimum Gasteiger partial charge on any atom is -0.315 e. The molecule has 1 N–H and O–H groups in total. The average Bonchev–Trinajstić information content (AvgIpc) is 1.82. The summed E-state index contributed by atoms with van der Waals surface area (Å²) in [7, 11) is 1.58. The lowest BCUT2D eigenvalue weighted by Crippen LogP contribution is -2.37. The molecule has 0 aliphatic heterocycles. The molecule has 0 saturated carbocycles. The molecular formula is C6H12F3NO. The van der Waals surface area contributed by atoms with Gasteiger partial charge in [-0.3, -0.25) is 4.74 Å². The molecule has 0 fully saturated rings. The summed E-state index contributed by atoms with van der Waals surface area (Å²) in [6.07, 6.45) is -5.40. The van der Waals surface area contributed by atoms with E-state index in [2.05, 4.69) is 10.1 Å². The fourth-order valence-corrected chi connectivity index (χ4v) is 0.548. The third-order valence-corrected chi connectivity index (χ3v) is 1.48. The van der Waals surface area contributed by atoms with Crippen LogP contribution in [0.5, 0.6) is 0 Å². The molecule has 0 aromatic heterocycles. The van der Waals surface area contributed by atoms with Gasteiger partial charge in [-0.2, -0.15) is 0 Å². The summed E-state index contributed by atoms with van der Waals surface area (Å²) in [6, 6.07) is -0.309. The van der Waals surface area contributed by atoms with Gasteiger partial charge in [0, 0.05) is 6.04 Å². The van der Waals surface area contributed by atoms with E-state index >= 15 is 0 Å². The first-order chi connectivity index (χ1) is 4.87. The standard InChI is InChI=1S/C6H12F3NO/c1-4(10-3)5(2)11-6(7,8)9/h4-5,10H,1-3H3. The molecule has 0 rings (SSSR count). The molecule has 0 saturated heterocycles. The summed E-state index contributed by atoms with van der Waals surface area (Å²) in [5.41, 5.74) is 0. The van der Waals surface area contributed by atoms with Crippen molar-refractivity contribution in [2.75, 3.05) is 7.05 Å². The van der Waals surface area contributed by atoms with Gasteiger partial charge in [0.15, 0.2) is 0 Å². The molecule has 68 valence electrons.